The van der Waals surface area contributed by atoms with E-state index in [9.17, 15) is 0 Å². The van der Waals surface area contributed by atoms with Gasteiger partial charge < -0.3 is 18.9 Å². The maximum absolute atomic E-state index is 6.52. The fourth-order valence-electron chi connectivity index (χ4n) is 5.65. The number of rotatable bonds is 0. The second-order valence-electron chi connectivity index (χ2n) is 9.56. The first-order chi connectivity index (χ1) is 18.8. The molecule has 0 aliphatic carbocycles. The topological polar surface area (TPSA) is 36.9 Å². The molecule has 0 amide bonds. The summed E-state index contributed by atoms with van der Waals surface area (Å²) in [4.78, 5) is 2.22. The van der Waals surface area contributed by atoms with Gasteiger partial charge in [-0.15, -0.1) is 0 Å². The van der Waals surface area contributed by atoms with Gasteiger partial charge in [0.1, 0.15) is 46.0 Å². The number of para-hydroxylation sites is 2. The Morgan fingerprint density at radius 1 is 0.395 bits per heavy atom. The molecular weight excluding hydrogens is 510 g/mol. The first-order valence-electron chi connectivity index (χ1n) is 12.5. The van der Waals surface area contributed by atoms with E-state index in [0.717, 1.165) is 77.6 Å². The number of hydrogen-bond donors (Lipinski definition) is 0. The predicted octanol–water partition coefficient (Wildman–Crippen LogP) is 5.91. The maximum atomic E-state index is 6.52. The average Bonchev–Trinajstić information content (AvgIpc) is 3.22. The van der Waals surface area contributed by atoms with E-state index >= 15 is 0 Å². The zero-order valence-electron chi connectivity index (χ0n) is 19.8. The molecular formula is C30H16B2O4S2. The minimum Gasteiger partial charge on any atom is -0.458 e. The molecule has 4 heterocycles. The van der Waals surface area contributed by atoms with Gasteiger partial charge in [0, 0.05) is 26.8 Å². The van der Waals surface area contributed by atoms with Crippen molar-refractivity contribution in [3.05, 3.63) is 97.1 Å². The molecule has 0 saturated carbocycles. The third kappa shape index (κ3) is 2.99. The van der Waals surface area contributed by atoms with Crippen molar-refractivity contribution >= 4 is 57.1 Å². The lowest BCUT2D eigenvalue weighted by atomic mass is 9.54. The van der Waals surface area contributed by atoms with E-state index in [1.165, 1.54) is 0 Å². The van der Waals surface area contributed by atoms with Crippen molar-refractivity contribution in [3.8, 4) is 46.0 Å². The lowest BCUT2D eigenvalue weighted by Crippen LogP contribution is -2.50. The van der Waals surface area contributed by atoms with Crippen molar-refractivity contribution in [2.24, 2.45) is 0 Å². The van der Waals surface area contributed by atoms with Gasteiger partial charge in [0.2, 0.25) is 0 Å². The Hall–Kier alpha value is -3.87. The van der Waals surface area contributed by atoms with Crippen LogP contribution in [0.1, 0.15) is 0 Å². The van der Waals surface area contributed by atoms with E-state index < -0.39 is 0 Å². The van der Waals surface area contributed by atoms with Crippen LogP contribution in [0.4, 0.5) is 0 Å². The molecule has 0 fully saturated rings. The van der Waals surface area contributed by atoms with Gasteiger partial charge in [-0.1, -0.05) is 42.5 Å². The maximum Gasteiger partial charge on any atom is 0.293 e. The van der Waals surface area contributed by atoms with Crippen LogP contribution in [0, 0.1) is 0 Å². The number of ether oxygens (including phenoxy) is 4. The van der Waals surface area contributed by atoms with Crippen LogP contribution >= 0.6 is 23.2 Å². The first-order valence-corrected chi connectivity index (χ1v) is 14.2. The Labute approximate surface area is 228 Å². The van der Waals surface area contributed by atoms with E-state index in [1.807, 2.05) is 60.7 Å². The summed E-state index contributed by atoms with van der Waals surface area (Å²) in [6, 6.07) is 32.9. The molecule has 4 aliphatic heterocycles. The Morgan fingerprint density at radius 3 is 1.26 bits per heavy atom. The van der Waals surface area contributed by atoms with E-state index in [-0.39, 0.29) is 12.0 Å². The first kappa shape index (κ1) is 21.1. The Morgan fingerprint density at radius 2 is 0.789 bits per heavy atom. The van der Waals surface area contributed by atoms with Gasteiger partial charge >= 0.3 is 0 Å². The van der Waals surface area contributed by atoms with Crippen LogP contribution in [-0.2, 0) is 0 Å². The van der Waals surface area contributed by atoms with Gasteiger partial charge in [-0.25, -0.2) is 0 Å². The fraction of sp³-hybridized carbons (Fsp3) is 0. The second-order valence-corrected chi connectivity index (χ2v) is 11.9. The molecule has 38 heavy (non-hydrogen) atoms. The van der Waals surface area contributed by atoms with E-state index in [1.54, 1.807) is 23.2 Å². The second kappa shape index (κ2) is 7.82. The highest BCUT2D eigenvalue weighted by molar-refractivity contribution is 8.28. The van der Waals surface area contributed by atoms with Crippen molar-refractivity contribution in [2.75, 3.05) is 0 Å². The molecule has 0 unspecified atom stereocenters. The zero-order chi connectivity index (χ0) is 24.8. The van der Waals surface area contributed by atoms with E-state index in [2.05, 4.69) is 36.4 Å². The molecule has 9 rings (SSSR count). The summed E-state index contributed by atoms with van der Waals surface area (Å²) in [6.45, 7) is 0. The van der Waals surface area contributed by atoms with Crippen LogP contribution in [0.5, 0.6) is 46.0 Å². The normalized spacial score (nSPS) is 14.8. The number of hydrogen-bond acceptors (Lipinski definition) is 6. The molecule has 8 heteroatoms. The zero-order valence-corrected chi connectivity index (χ0v) is 21.5. The SMILES string of the molecule is c1ccc2c(c1)Oc1cccc3c1B(S2)c1cc2c(cc1O3)Oc1cccc3c1B2Sc1ccccc1O3. The molecule has 0 aromatic heterocycles. The minimum absolute atomic E-state index is 0.0230. The summed E-state index contributed by atoms with van der Waals surface area (Å²) in [5.74, 6) is 6.75. The van der Waals surface area contributed by atoms with E-state index in [0.29, 0.717) is 0 Å². The number of benzene rings is 5. The minimum atomic E-state index is 0.0230. The molecule has 0 N–H and O–H groups in total. The number of fused-ring (bicyclic) bond motifs is 6. The standard InChI is InChI=1S/C30H16B2O4S2/c1-3-13-27-19(7-1)33-21-9-5-11-23-29(21)31(37-27)17-15-18-26(16-25(17)35-23)36-24-12-6-10-22-30(24)32(18)38-28-14-4-2-8-20(28)34-22/h1-16H. The molecule has 5 aromatic carbocycles. The van der Waals surface area contributed by atoms with E-state index in [4.69, 9.17) is 18.9 Å². The molecule has 178 valence electrons. The summed E-state index contributed by atoms with van der Waals surface area (Å²) < 4.78 is 25.8. The molecule has 0 bridgehead atoms. The fourth-order valence-corrected chi connectivity index (χ4v) is 8.25. The molecule has 4 aliphatic rings. The van der Waals surface area contributed by atoms with Gasteiger partial charge in [0.25, 0.3) is 12.0 Å². The van der Waals surface area contributed by atoms with Crippen molar-refractivity contribution in [2.45, 2.75) is 9.79 Å². The molecule has 5 aromatic rings. The molecule has 0 saturated heterocycles. The quantitative estimate of drug-likeness (QED) is 0.234. The van der Waals surface area contributed by atoms with Crippen LogP contribution < -0.4 is 40.8 Å². The lowest BCUT2D eigenvalue weighted by molar-refractivity contribution is 0.451. The van der Waals surface area contributed by atoms with Gasteiger partial charge in [0.05, 0.1) is 0 Å². The third-order valence-corrected chi connectivity index (χ3v) is 9.98. The average molecular weight is 526 g/mol. The monoisotopic (exact) mass is 526 g/mol. The van der Waals surface area contributed by atoms with Crippen LogP contribution in [0.2, 0.25) is 0 Å². The Kier molecular flexibility index (Phi) is 4.34. The van der Waals surface area contributed by atoms with Gasteiger partial charge in [-0.2, -0.15) is 23.2 Å². The smallest absolute Gasteiger partial charge is 0.293 e. The Bertz CT molecular complexity index is 1700. The largest absolute Gasteiger partial charge is 0.458 e. The van der Waals surface area contributed by atoms with Crippen molar-refractivity contribution in [1.29, 1.82) is 0 Å². The summed E-state index contributed by atoms with van der Waals surface area (Å²) in [5, 5.41) is 0. The summed E-state index contributed by atoms with van der Waals surface area (Å²) in [6.07, 6.45) is 0. The predicted molar refractivity (Wildman–Crippen MR) is 154 cm³/mol. The van der Waals surface area contributed by atoms with Gasteiger partial charge in [-0.3, -0.25) is 0 Å². The summed E-state index contributed by atoms with van der Waals surface area (Å²) in [7, 11) is 0. The molecule has 4 nitrogen and oxygen atoms in total. The highest BCUT2D eigenvalue weighted by Gasteiger charge is 2.42. The van der Waals surface area contributed by atoms with Gasteiger partial charge in [0.15, 0.2) is 0 Å². The molecule has 0 radical (unpaired) electrons. The van der Waals surface area contributed by atoms with Crippen molar-refractivity contribution < 1.29 is 18.9 Å². The third-order valence-electron chi connectivity index (χ3n) is 7.35. The van der Waals surface area contributed by atoms with Crippen LogP contribution in [0.25, 0.3) is 0 Å². The Balaban J connectivity index is 1.26. The van der Waals surface area contributed by atoms with Gasteiger partial charge in [-0.05, 0) is 59.5 Å². The summed E-state index contributed by atoms with van der Waals surface area (Å²) >= 11 is 3.61. The van der Waals surface area contributed by atoms with Crippen LogP contribution in [0.15, 0.2) is 107 Å². The summed E-state index contributed by atoms with van der Waals surface area (Å²) in [5.41, 5.74) is 4.39. The van der Waals surface area contributed by atoms with Crippen LogP contribution in [0.3, 0.4) is 0 Å². The molecule has 0 spiro atoms. The highest BCUT2D eigenvalue weighted by atomic mass is 32.2. The van der Waals surface area contributed by atoms with Crippen LogP contribution in [-0.4, -0.2) is 12.0 Å². The van der Waals surface area contributed by atoms with Crippen molar-refractivity contribution in [1.82, 2.24) is 0 Å². The van der Waals surface area contributed by atoms with Crippen molar-refractivity contribution in [3.63, 3.8) is 0 Å². The lowest BCUT2D eigenvalue weighted by Gasteiger charge is -2.30. The highest BCUT2D eigenvalue weighted by Crippen LogP contribution is 2.45. The molecule has 0 atom stereocenters.